The van der Waals surface area contributed by atoms with Crippen molar-refractivity contribution in [3.63, 3.8) is 0 Å². The van der Waals surface area contributed by atoms with Gasteiger partial charge in [-0.3, -0.25) is 9.48 Å². The number of amides is 1. The van der Waals surface area contributed by atoms with E-state index < -0.39 is 11.9 Å². The maximum Gasteiger partial charge on any atom is 0.435 e. The molecule has 2 heterocycles. The molecule has 1 aromatic rings. The number of alkyl halides is 3. The summed E-state index contributed by atoms with van der Waals surface area (Å²) >= 11 is 0. The number of allylic oxidation sites excluding steroid dienone is 2. The van der Waals surface area contributed by atoms with Crippen molar-refractivity contribution < 1.29 is 18.0 Å². The highest BCUT2D eigenvalue weighted by atomic mass is 19.4. The van der Waals surface area contributed by atoms with Crippen LogP contribution in [0.15, 0.2) is 24.4 Å². The summed E-state index contributed by atoms with van der Waals surface area (Å²) in [7, 11) is 0. The Bertz CT molecular complexity index is 608. The summed E-state index contributed by atoms with van der Waals surface area (Å²) < 4.78 is 39.4. The highest BCUT2D eigenvalue weighted by molar-refractivity contribution is 5.76. The molecule has 4 nitrogen and oxygen atoms in total. The number of halogens is 3. The Morgan fingerprint density at radius 1 is 1.29 bits per heavy atom. The molecule has 0 spiro atoms. The van der Waals surface area contributed by atoms with Crippen LogP contribution in [0.1, 0.15) is 50.3 Å². The quantitative estimate of drug-likeness (QED) is 0.784. The number of likely N-dealkylation sites (tertiary alicyclic amines) is 1. The van der Waals surface area contributed by atoms with Crippen LogP contribution in [-0.2, 0) is 11.0 Å². The minimum Gasteiger partial charge on any atom is -0.341 e. The molecule has 0 saturated carbocycles. The zero-order chi connectivity index (χ0) is 17.2. The minimum atomic E-state index is -4.43. The Morgan fingerprint density at radius 3 is 2.79 bits per heavy atom. The Kier molecular flexibility index (Phi) is 4.96. The average Bonchev–Trinajstić information content (AvgIpc) is 3.06. The van der Waals surface area contributed by atoms with Gasteiger partial charge in [0.05, 0.1) is 6.04 Å². The number of carbonyl (C=O) groups excluding carboxylic acids is 1. The predicted octanol–water partition coefficient (Wildman–Crippen LogP) is 3.81. The van der Waals surface area contributed by atoms with E-state index in [-0.39, 0.29) is 11.9 Å². The average molecular weight is 341 g/mol. The molecule has 1 fully saturated rings. The molecule has 1 aliphatic carbocycles. The van der Waals surface area contributed by atoms with Crippen LogP contribution in [0.3, 0.4) is 0 Å². The summed E-state index contributed by atoms with van der Waals surface area (Å²) in [6, 6.07) is 0.814. The number of rotatable bonds is 3. The number of piperidine rings is 1. The molecule has 0 N–H and O–H groups in total. The Hall–Kier alpha value is -1.79. The fourth-order valence-corrected chi connectivity index (χ4v) is 3.50. The second-order valence-corrected chi connectivity index (χ2v) is 6.64. The smallest absolute Gasteiger partial charge is 0.341 e. The minimum absolute atomic E-state index is 0.0967. The van der Waals surface area contributed by atoms with Crippen molar-refractivity contribution >= 4 is 5.91 Å². The van der Waals surface area contributed by atoms with Crippen molar-refractivity contribution in [3.05, 3.63) is 30.1 Å². The molecule has 7 heteroatoms. The normalized spacial score (nSPS) is 25.0. The van der Waals surface area contributed by atoms with Gasteiger partial charge in [-0.2, -0.15) is 18.3 Å². The highest BCUT2D eigenvalue weighted by Crippen LogP contribution is 2.30. The van der Waals surface area contributed by atoms with Crippen LogP contribution < -0.4 is 0 Å². The van der Waals surface area contributed by atoms with E-state index in [2.05, 4.69) is 17.3 Å². The molecule has 0 aromatic carbocycles. The lowest BCUT2D eigenvalue weighted by Gasteiger charge is -2.33. The van der Waals surface area contributed by atoms with E-state index in [4.69, 9.17) is 0 Å². The summed E-state index contributed by atoms with van der Waals surface area (Å²) in [5.41, 5.74) is -0.877. The van der Waals surface area contributed by atoms with Gasteiger partial charge in [-0.15, -0.1) is 0 Å². The van der Waals surface area contributed by atoms with Crippen LogP contribution in [0, 0.1) is 5.92 Å². The van der Waals surface area contributed by atoms with Gasteiger partial charge in [0.2, 0.25) is 5.91 Å². The topological polar surface area (TPSA) is 38.1 Å². The predicted molar refractivity (Wildman–Crippen MR) is 83.2 cm³/mol. The summed E-state index contributed by atoms with van der Waals surface area (Å²) in [6.45, 7) is 1.12. The van der Waals surface area contributed by atoms with E-state index in [0.29, 0.717) is 25.4 Å². The van der Waals surface area contributed by atoms with Gasteiger partial charge in [0.1, 0.15) is 0 Å². The van der Waals surface area contributed by atoms with Crippen LogP contribution in [-0.4, -0.2) is 33.7 Å². The van der Waals surface area contributed by atoms with Gasteiger partial charge in [-0.05, 0) is 44.1 Å². The maximum absolute atomic E-state index is 12.7. The summed E-state index contributed by atoms with van der Waals surface area (Å²) in [5, 5.41) is 3.66. The summed E-state index contributed by atoms with van der Waals surface area (Å²) in [6.07, 6.45) is 6.44. The second-order valence-electron chi connectivity index (χ2n) is 6.64. The van der Waals surface area contributed by atoms with Crippen LogP contribution in [0.4, 0.5) is 13.2 Å². The molecule has 0 unspecified atom stereocenters. The first-order valence-corrected chi connectivity index (χ1v) is 8.50. The lowest BCUT2D eigenvalue weighted by molar-refractivity contribution is -0.142. The molecule has 1 amide bonds. The van der Waals surface area contributed by atoms with Crippen molar-refractivity contribution in [2.45, 2.75) is 50.7 Å². The van der Waals surface area contributed by atoms with E-state index in [9.17, 15) is 18.0 Å². The van der Waals surface area contributed by atoms with Gasteiger partial charge in [-0.1, -0.05) is 12.2 Å². The van der Waals surface area contributed by atoms with Crippen molar-refractivity contribution in [1.82, 2.24) is 14.7 Å². The fourth-order valence-electron chi connectivity index (χ4n) is 3.50. The van der Waals surface area contributed by atoms with E-state index in [0.717, 1.165) is 38.2 Å². The standard InChI is InChI=1S/C17H22F3N3O/c18-17(19,20)15-8-10-23(21-15)14-7-4-9-22(12-14)16(24)11-13-5-2-1-3-6-13/h2,5,8,10,13-14H,1,3-4,6-7,9,11-12H2/t13-,14-/m0/s1. The zero-order valence-corrected chi connectivity index (χ0v) is 13.5. The van der Waals surface area contributed by atoms with E-state index >= 15 is 0 Å². The molecule has 1 saturated heterocycles. The van der Waals surface area contributed by atoms with Gasteiger partial charge in [0.15, 0.2) is 5.69 Å². The Labute approximate surface area is 139 Å². The third-order valence-electron chi connectivity index (χ3n) is 4.81. The van der Waals surface area contributed by atoms with Crippen LogP contribution in [0.2, 0.25) is 0 Å². The van der Waals surface area contributed by atoms with Crippen molar-refractivity contribution in [2.24, 2.45) is 5.92 Å². The highest BCUT2D eigenvalue weighted by Gasteiger charge is 2.35. The fraction of sp³-hybridized carbons (Fsp3) is 0.647. The van der Waals surface area contributed by atoms with E-state index in [1.807, 2.05) is 0 Å². The number of aromatic nitrogens is 2. The molecule has 132 valence electrons. The molecular formula is C17H22F3N3O. The first-order chi connectivity index (χ1) is 11.4. The molecular weight excluding hydrogens is 319 g/mol. The summed E-state index contributed by atoms with van der Waals surface area (Å²) in [5.74, 6) is 0.396. The van der Waals surface area contributed by atoms with Crippen molar-refractivity contribution in [2.75, 3.05) is 13.1 Å². The van der Waals surface area contributed by atoms with E-state index in [1.165, 1.54) is 10.9 Å². The third kappa shape index (κ3) is 3.99. The molecule has 24 heavy (non-hydrogen) atoms. The number of nitrogens with zero attached hydrogens (tertiary/aromatic N) is 3. The lowest BCUT2D eigenvalue weighted by atomic mass is 9.92. The Morgan fingerprint density at radius 2 is 2.12 bits per heavy atom. The van der Waals surface area contributed by atoms with Gasteiger partial charge in [-0.25, -0.2) is 0 Å². The van der Waals surface area contributed by atoms with Crippen LogP contribution in [0.5, 0.6) is 0 Å². The Balaban J connectivity index is 1.61. The largest absolute Gasteiger partial charge is 0.435 e. The van der Waals surface area contributed by atoms with E-state index in [1.54, 1.807) is 4.90 Å². The molecule has 0 radical (unpaired) electrons. The van der Waals surface area contributed by atoms with Crippen molar-refractivity contribution in [1.29, 1.82) is 0 Å². The maximum atomic E-state index is 12.7. The molecule has 1 aromatic heterocycles. The lowest BCUT2D eigenvalue weighted by Crippen LogP contribution is -2.41. The summed E-state index contributed by atoms with van der Waals surface area (Å²) in [4.78, 5) is 14.3. The zero-order valence-electron chi connectivity index (χ0n) is 13.5. The first kappa shape index (κ1) is 17.0. The van der Waals surface area contributed by atoms with Crippen LogP contribution >= 0.6 is 0 Å². The molecule has 0 bridgehead atoms. The second kappa shape index (κ2) is 6.99. The van der Waals surface area contributed by atoms with Crippen molar-refractivity contribution in [3.8, 4) is 0 Å². The van der Waals surface area contributed by atoms with Crippen LogP contribution in [0.25, 0.3) is 0 Å². The van der Waals surface area contributed by atoms with Gasteiger partial charge < -0.3 is 4.90 Å². The molecule has 1 aliphatic heterocycles. The first-order valence-electron chi connectivity index (χ1n) is 8.50. The van der Waals surface area contributed by atoms with Gasteiger partial charge in [0, 0.05) is 25.7 Å². The monoisotopic (exact) mass is 341 g/mol. The SMILES string of the molecule is O=C(C[C@H]1C=CCCC1)N1CCC[C@H](n2ccc(C(F)(F)F)n2)C1. The number of hydrogen-bond donors (Lipinski definition) is 0. The molecule has 2 aliphatic rings. The molecule has 3 rings (SSSR count). The number of carbonyl (C=O) groups is 1. The third-order valence-corrected chi connectivity index (χ3v) is 4.81. The van der Waals surface area contributed by atoms with Gasteiger partial charge >= 0.3 is 6.18 Å². The number of hydrogen-bond acceptors (Lipinski definition) is 2. The van der Waals surface area contributed by atoms with Gasteiger partial charge in [0.25, 0.3) is 0 Å². The molecule has 2 atom stereocenters.